The van der Waals surface area contributed by atoms with Gasteiger partial charge in [0.05, 0.1) is 4.90 Å². The standard InChI is InChI=1S/C23H25BrN2O.C7H8O3S/c1-3-26(4-2)16-10-12-22-19(14-16)18-13-15(9-11-21(18)25-22)23(27)17-7-5-6-8-20(17)24;1-6-2-4-7(5-3-6)11(8,9)10/h5-9,11,13,16,25H,3-4,10,12,14H2,1-2H3;2-5H,1H3,(H,8,9,10). The van der Waals surface area contributed by atoms with Crippen LogP contribution in [0.15, 0.2) is 76.1 Å². The minimum atomic E-state index is -4.02. The molecule has 1 unspecified atom stereocenters. The number of benzene rings is 3. The number of hydrogen-bond acceptors (Lipinski definition) is 4. The maximum Gasteiger partial charge on any atom is 0.294 e. The summed E-state index contributed by atoms with van der Waals surface area (Å²) in [6, 6.07) is 20.3. The summed E-state index contributed by atoms with van der Waals surface area (Å²) >= 11 is 3.50. The number of nitrogens with one attached hydrogen (secondary N) is 1. The SMILES string of the molecule is CCN(CC)C1CCc2[nH]c3ccc(C(=O)c4ccccc4Br)cc3c2C1.Cc1ccc(S(=O)(=O)O)cc1. The average Bonchev–Trinajstić information content (AvgIpc) is 3.27. The molecule has 8 heteroatoms. The molecule has 2 N–H and O–H groups in total. The molecule has 1 heterocycles. The molecule has 0 spiro atoms. The Morgan fingerprint density at radius 1 is 1.05 bits per heavy atom. The molecule has 1 aromatic heterocycles. The van der Waals surface area contributed by atoms with E-state index in [4.69, 9.17) is 4.55 Å². The lowest BCUT2D eigenvalue weighted by Gasteiger charge is -2.32. The van der Waals surface area contributed by atoms with Gasteiger partial charge in [0.15, 0.2) is 5.78 Å². The number of fused-ring (bicyclic) bond motifs is 3. The molecule has 4 aromatic rings. The summed E-state index contributed by atoms with van der Waals surface area (Å²) < 4.78 is 30.4. The summed E-state index contributed by atoms with van der Waals surface area (Å²) in [6.45, 7) is 8.49. The number of nitrogens with zero attached hydrogens (tertiary/aromatic N) is 1. The molecule has 200 valence electrons. The first-order valence-electron chi connectivity index (χ1n) is 12.8. The van der Waals surface area contributed by atoms with Gasteiger partial charge in [-0.1, -0.05) is 59.6 Å². The molecule has 0 aliphatic heterocycles. The van der Waals surface area contributed by atoms with E-state index in [1.54, 1.807) is 12.1 Å². The first-order chi connectivity index (χ1) is 18.1. The molecule has 3 aromatic carbocycles. The molecule has 1 atom stereocenters. The monoisotopic (exact) mass is 596 g/mol. The Morgan fingerprint density at radius 2 is 1.74 bits per heavy atom. The number of ketones is 1. The highest BCUT2D eigenvalue weighted by Crippen LogP contribution is 2.32. The molecule has 38 heavy (non-hydrogen) atoms. The highest BCUT2D eigenvalue weighted by molar-refractivity contribution is 9.10. The number of likely N-dealkylation sites (N-methyl/N-ethyl adjacent to an activating group) is 1. The summed E-state index contributed by atoms with van der Waals surface area (Å²) in [5.74, 6) is 0.0652. The third-order valence-corrected chi connectivity index (χ3v) is 8.75. The third kappa shape index (κ3) is 6.26. The Kier molecular flexibility index (Phi) is 8.88. The lowest BCUT2D eigenvalue weighted by Crippen LogP contribution is -2.38. The van der Waals surface area contributed by atoms with Gasteiger partial charge >= 0.3 is 0 Å². The predicted molar refractivity (Wildman–Crippen MR) is 156 cm³/mol. The van der Waals surface area contributed by atoms with Crippen LogP contribution in [-0.2, 0) is 23.0 Å². The van der Waals surface area contributed by atoms with Crippen molar-refractivity contribution < 1.29 is 17.8 Å². The quantitative estimate of drug-likeness (QED) is 0.193. The fraction of sp³-hybridized carbons (Fsp3) is 0.300. The van der Waals surface area contributed by atoms with Crippen molar-refractivity contribution in [1.29, 1.82) is 0 Å². The fourth-order valence-corrected chi connectivity index (χ4v) is 6.05. The number of carbonyl (C=O) groups excluding carboxylic acids is 1. The van der Waals surface area contributed by atoms with Crippen LogP contribution < -0.4 is 0 Å². The van der Waals surface area contributed by atoms with E-state index in [0.29, 0.717) is 11.6 Å². The lowest BCUT2D eigenvalue weighted by atomic mass is 9.89. The van der Waals surface area contributed by atoms with Crippen molar-refractivity contribution >= 4 is 42.7 Å². The summed E-state index contributed by atoms with van der Waals surface area (Å²) in [7, 11) is -4.02. The Bertz CT molecular complexity index is 1540. The van der Waals surface area contributed by atoms with E-state index in [2.05, 4.69) is 51.8 Å². The number of aryl methyl sites for hydroxylation is 2. The van der Waals surface area contributed by atoms with E-state index in [0.717, 1.165) is 47.0 Å². The van der Waals surface area contributed by atoms with E-state index in [1.165, 1.54) is 35.2 Å². The molecule has 0 amide bonds. The third-order valence-electron chi connectivity index (χ3n) is 7.19. The van der Waals surface area contributed by atoms with Crippen molar-refractivity contribution in [2.45, 2.75) is 51.0 Å². The maximum atomic E-state index is 13.0. The van der Waals surface area contributed by atoms with Gasteiger partial charge in [0.2, 0.25) is 0 Å². The van der Waals surface area contributed by atoms with Crippen LogP contribution in [-0.4, -0.2) is 47.8 Å². The summed E-state index contributed by atoms with van der Waals surface area (Å²) in [4.78, 5) is 19.1. The van der Waals surface area contributed by atoms with Gasteiger partial charge in [-0.05, 0) is 87.3 Å². The van der Waals surface area contributed by atoms with Gasteiger partial charge in [-0.3, -0.25) is 9.35 Å². The van der Waals surface area contributed by atoms with Gasteiger partial charge in [0, 0.05) is 38.2 Å². The predicted octanol–water partition coefficient (Wildman–Crippen LogP) is 6.60. The Labute approximate surface area is 233 Å². The average molecular weight is 598 g/mol. The molecule has 5 rings (SSSR count). The van der Waals surface area contributed by atoms with Crippen LogP contribution >= 0.6 is 15.9 Å². The van der Waals surface area contributed by atoms with Gasteiger partial charge in [-0.2, -0.15) is 8.42 Å². The lowest BCUT2D eigenvalue weighted by molar-refractivity contribution is 0.103. The summed E-state index contributed by atoms with van der Waals surface area (Å²) in [6.07, 6.45) is 3.34. The molecule has 0 saturated carbocycles. The normalized spacial score (nSPS) is 15.2. The Balaban J connectivity index is 0.000000257. The van der Waals surface area contributed by atoms with E-state index in [-0.39, 0.29) is 10.7 Å². The number of rotatable bonds is 6. The summed E-state index contributed by atoms with van der Waals surface area (Å²) in [5.41, 5.74) is 6.30. The number of hydrogen-bond donors (Lipinski definition) is 2. The van der Waals surface area contributed by atoms with E-state index in [9.17, 15) is 13.2 Å². The number of halogens is 1. The van der Waals surface area contributed by atoms with Crippen LogP contribution in [0.5, 0.6) is 0 Å². The van der Waals surface area contributed by atoms with Crippen molar-refractivity contribution in [1.82, 2.24) is 9.88 Å². The zero-order valence-corrected chi connectivity index (χ0v) is 24.3. The van der Waals surface area contributed by atoms with Crippen LogP contribution in [0.25, 0.3) is 10.9 Å². The molecule has 0 bridgehead atoms. The maximum absolute atomic E-state index is 13.0. The topological polar surface area (TPSA) is 90.5 Å². The van der Waals surface area contributed by atoms with Gasteiger partial charge in [0.25, 0.3) is 10.1 Å². The fourth-order valence-electron chi connectivity index (χ4n) is 5.10. The van der Waals surface area contributed by atoms with Gasteiger partial charge in [-0.25, -0.2) is 0 Å². The highest BCUT2D eigenvalue weighted by atomic mass is 79.9. The van der Waals surface area contributed by atoms with Gasteiger partial charge in [0.1, 0.15) is 0 Å². The second-order valence-corrected chi connectivity index (χ2v) is 11.8. The largest absolute Gasteiger partial charge is 0.358 e. The smallest absolute Gasteiger partial charge is 0.294 e. The van der Waals surface area contributed by atoms with Gasteiger partial charge in [-0.15, -0.1) is 0 Å². The summed E-state index contributed by atoms with van der Waals surface area (Å²) in [5, 5.41) is 1.21. The van der Waals surface area contributed by atoms with Crippen LogP contribution in [0.3, 0.4) is 0 Å². The Morgan fingerprint density at radius 3 is 2.37 bits per heavy atom. The first-order valence-corrected chi connectivity index (χ1v) is 15.1. The molecule has 0 radical (unpaired) electrons. The first kappa shape index (κ1) is 28.2. The number of aromatic nitrogens is 1. The van der Waals surface area contributed by atoms with Crippen molar-refractivity contribution in [3.8, 4) is 0 Å². The second kappa shape index (κ2) is 11.9. The van der Waals surface area contributed by atoms with Gasteiger partial charge < -0.3 is 9.88 Å². The number of carbonyl (C=O) groups is 1. The van der Waals surface area contributed by atoms with Crippen LogP contribution in [0.4, 0.5) is 0 Å². The molecule has 0 fully saturated rings. The molecule has 6 nitrogen and oxygen atoms in total. The number of aromatic amines is 1. The van der Waals surface area contributed by atoms with Crippen molar-refractivity contribution in [3.63, 3.8) is 0 Å². The molecular formula is C30H33BrN2O4S. The van der Waals surface area contributed by atoms with Crippen LogP contribution in [0, 0.1) is 6.92 Å². The highest BCUT2D eigenvalue weighted by Gasteiger charge is 2.26. The number of H-pyrrole nitrogens is 1. The van der Waals surface area contributed by atoms with Crippen molar-refractivity contribution in [3.05, 3.63) is 99.2 Å². The zero-order valence-electron chi connectivity index (χ0n) is 21.9. The molecule has 1 aliphatic rings. The van der Waals surface area contributed by atoms with E-state index in [1.807, 2.05) is 37.3 Å². The molecule has 1 aliphatic carbocycles. The molecule has 0 saturated heterocycles. The molecular weight excluding hydrogens is 564 g/mol. The van der Waals surface area contributed by atoms with Crippen molar-refractivity contribution in [2.24, 2.45) is 0 Å². The second-order valence-electron chi connectivity index (χ2n) is 9.56. The van der Waals surface area contributed by atoms with Crippen molar-refractivity contribution in [2.75, 3.05) is 13.1 Å². The minimum Gasteiger partial charge on any atom is -0.358 e. The van der Waals surface area contributed by atoms with E-state index < -0.39 is 10.1 Å². The van der Waals surface area contributed by atoms with Crippen LogP contribution in [0.2, 0.25) is 0 Å². The zero-order chi connectivity index (χ0) is 27.4. The van der Waals surface area contributed by atoms with E-state index >= 15 is 0 Å². The van der Waals surface area contributed by atoms with Crippen LogP contribution in [0.1, 0.15) is 53.0 Å². The Hall–Kier alpha value is -2.78. The minimum absolute atomic E-state index is 0.0652.